The number of rotatable bonds is 6. The zero-order valence-electron chi connectivity index (χ0n) is 47.4. The highest BCUT2D eigenvalue weighted by Crippen LogP contribution is 2.35. The third-order valence-corrected chi connectivity index (χ3v) is 5.31. The van der Waals surface area contributed by atoms with Gasteiger partial charge in [-0.3, -0.25) is 0 Å². The number of hydrogen-bond acceptors (Lipinski definition) is 4. The lowest BCUT2D eigenvalue weighted by Crippen LogP contribution is -2.39. The SMILES string of the molecule is C.C1CNCCN1.C=C(C)C.C=O.CC.CC.CC.CC.CC.CC.CC.CCC.CCC.CCC(C)(C)CC(C)(C)C.CCC(C)(C)CC(C)(C)N.CCCC. The zero-order chi connectivity index (χ0) is 49.5. The Bertz CT molecular complexity index is 436. The van der Waals surface area contributed by atoms with Gasteiger partial charge in [0.15, 0.2) is 0 Å². The van der Waals surface area contributed by atoms with Crippen LogP contribution in [0.25, 0.3) is 0 Å². The number of hydrogen-bond donors (Lipinski definition) is 3. The average Bonchev–Trinajstić information content (AvgIpc) is 3.18. The van der Waals surface area contributed by atoms with Crippen molar-refractivity contribution < 1.29 is 4.79 Å². The summed E-state index contributed by atoms with van der Waals surface area (Å²) in [6, 6.07) is 0. The summed E-state index contributed by atoms with van der Waals surface area (Å²) in [6.07, 6.45) is 10.0. The van der Waals surface area contributed by atoms with Crippen LogP contribution in [0.1, 0.15) is 287 Å². The van der Waals surface area contributed by atoms with Gasteiger partial charge in [0.25, 0.3) is 0 Å². The first-order chi connectivity index (χ1) is 26.0. The smallest absolute Gasteiger partial charge is 0.106 e. The van der Waals surface area contributed by atoms with Crippen molar-refractivity contribution in [2.45, 2.75) is 293 Å². The van der Waals surface area contributed by atoms with Gasteiger partial charge in [-0.2, -0.15) is 0 Å². The summed E-state index contributed by atoms with van der Waals surface area (Å²) in [5.74, 6) is 0. The van der Waals surface area contributed by atoms with Crippen molar-refractivity contribution in [3.8, 4) is 0 Å². The third kappa shape index (κ3) is 266. The summed E-state index contributed by atoms with van der Waals surface area (Å²) in [7, 11) is 0. The second-order valence-electron chi connectivity index (χ2n) is 15.1. The highest BCUT2D eigenvalue weighted by molar-refractivity contribution is 5.11. The van der Waals surface area contributed by atoms with Gasteiger partial charge in [0.2, 0.25) is 0 Å². The van der Waals surface area contributed by atoms with Crippen molar-refractivity contribution in [1.29, 1.82) is 0 Å². The van der Waals surface area contributed by atoms with Crippen LogP contribution in [0.4, 0.5) is 0 Å². The van der Waals surface area contributed by atoms with Gasteiger partial charge < -0.3 is 21.2 Å². The number of nitrogens with one attached hydrogen (secondary N) is 2. The molecule has 368 valence electrons. The van der Waals surface area contributed by atoms with Crippen LogP contribution in [-0.2, 0) is 4.79 Å². The highest BCUT2D eigenvalue weighted by Gasteiger charge is 2.24. The van der Waals surface area contributed by atoms with Gasteiger partial charge in [0.05, 0.1) is 0 Å². The van der Waals surface area contributed by atoms with Crippen LogP contribution in [0.3, 0.4) is 0 Å². The number of carbonyl (C=O) groups excluding carboxylic acids is 1. The van der Waals surface area contributed by atoms with E-state index in [1.165, 1.54) is 50.5 Å². The molecule has 0 aromatic heterocycles. The van der Waals surface area contributed by atoms with E-state index >= 15 is 0 Å². The first-order valence-corrected chi connectivity index (χ1v) is 24.1. The fraction of sp³-hybridized carbons (Fsp3) is 0.943. The molecule has 1 saturated heterocycles. The van der Waals surface area contributed by atoms with Gasteiger partial charge in [-0.05, 0) is 56.8 Å². The quantitative estimate of drug-likeness (QED) is 0.233. The molecule has 0 aromatic rings. The van der Waals surface area contributed by atoms with Crippen LogP contribution >= 0.6 is 0 Å². The van der Waals surface area contributed by atoms with Gasteiger partial charge in [0.1, 0.15) is 6.79 Å². The molecule has 1 heterocycles. The molecule has 0 radical (unpaired) electrons. The molecule has 1 rings (SSSR count). The molecule has 0 saturated carbocycles. The van der Waals surface area contributed by atoms with Crippen LogP contribution in [0.15, 0.2) is 12.2 Å². The Labute approximate surface area is 374 Å². The average molecular weight is 831 g/mol. The van der Waals surface area contributed by atoms with Crippen LogP contribution < -0.4 is 16.4 Å². The fourth-order valence-corrected chi connectivity index (χ4v) is 3.52. The molecule has 4 heteroatoms. The van der Waals surface area contributed by atoms with Gasteiger partial charge in [-0.15, -0.1) is 6.58 Å². The Morgan fingerprint density at radius 3 is 0.684 bits per heavy atom. The molecule has 0 spiro atoms. The van der Waals surface area contributed by atoms with Crippen molar-refractivity contribution in [1.82, 2.24) is 10.6 Å². The summed E-state index contributed by atoms with van der Waals surface area (Å²) in [5, 5.41) is 6.44. The van der Waals surface area contributed by atoms with E-state index in [1.54, 1.807) is 0 Å². The van der Waals surface area contributed by atoms with E-state index in [4.69, 9.17) is 10.5 Å². The fourth-order valence-electron chi connectivity index (χ4n) is 3.52. The maximum atomic E-state index is 8.00. The number of unbranched alkanes of at least 4 members (excludes halogenated alkanes) is 1. The number of piperazine rings is 1. The second kappa shape index (κ2) is 100. The predicted molar refractivity (Wildman–Crippen MR) is 287 cm³/mol. The van der Waals surface area contributed by atoms with E-state index in [9.17, 15) is 0 Å². The summed E-state index contributed by atoms with van der Waals surface area (Å²) < 4.78 is 0. The predicted octanol–water partition coefficient (Wildman–Crippen LogP) is 19.4. The summed E-state index contributed by atoms with van der Waals surface area (Å²) >= 11 is 0. The number of nitrogens with two attached hydrogens (primary N) is 1. The van der Waals surface area contributed by atoms with Crippen molar-refractivity contribution >= 4 is 6.79 Å². The molecule has 0 aromatic carbocycles. The van der Waals surface area contributed by atoms with Crippen LogP contribution in [0.5, 0.6) is 0 Å². The molecule has 1 aliphatic rings. The summed E-state index contributed by atoms with van der Waals surface area (Å²) in [6.45, 7) is 79.7. The molecule has 0 aliphatic carbocycles. The molecule has 0 atom stereocenters. The van der Waals surface area contributed by atoms with E-state index in [2.05, 4.69) is 135 Å². The number of carbonyl (C=O) groups is 1. The van der Waals surface area contributed by atoms with Crippen molar-refractivity contribution in [2.24, 2.45) is 22.0 Å². The molecule has 4 nitrogen and oxygen atoms in total. The van der Waals surface area contributed by atoms with Gasteiger partial charge >= 0.3 is 0 Å². The minimum Gasteiger partial charge on any atom is -0.326 e. The van der Waals surface area contributed by atoms with E-state index in [1.807, 2.05) is 118 Å². The Hall–Kier alpha value is -0.710. The molecule has 0 amide bonds. The Morgan fingerprint density at radius 1 is 0.474 bits per heavy atom. The Morgan fingerprint density at radius 2 is 0.632 bits per heavy atom. The van der Waals surface area contributed by atoms with Crippen molar-refractivity contribution in [3.63, 3.8) is 0 Å². The highest BCUT2D eigenvalue weighted by atomic mass is 16.1. The molecular formula is C53H135N3O. The first-order valence-electron chi connectivity index (χ1n) is 24.1. The van der Waals surface area contributed by atoms with E-state index < -0.39 is 0 Å². The Balaban J connectivity index is -0.0000000269. The van der Waals surface area contributed by atoms with Crippen molar-refractivity contribution in [2.75, 3.05) is 26.2 Å². The minimum atomic E-state index is -0.0144. The molecule has 0 unspecified atom stereocenters. The third-order valence-electron chi connectivity index (χ3n) is 5.31. The van der Waals surface area contributed by atoms with E-state index in [0.29, 0.717) is 16.2 Å². The summed E-state index contributed by atoms with van der Waals surface area (Å²) in [4.78, 5) is 8.00. The maximum absolute atomic E-state index is 8.00. The van der Waals surface area contributed by atoms with Gasteiger partial charge in [-0.25, -0.2) is 0 Å². The Kier molecular flexibility index (Phi) is 178. The lowest BCUT2D eigenvalue weighted by molar-refractivity contribution is -0.0980. The largest absolute Gasteiger partial charge is 0.326 e. The second-order valence-corrected chi connectivity index (χ2v) is 15.1. The molecule has 57 heavy (non-hydrogen) atoms. The van der Waals surface area contributed by atoms with E-state index in [0.717, 1.165) is 32.6 Å². The molecule has 1 aliphatic heterocycles. The van der Waals surface area contributed by atoms with Gasteiger partial charge in [-0.1, -0.05) is 252 Å². The maximum Gasteiger partial charge on any atom is 0.106 e. The molecular weight excluding hydrogens is 695 g/mol. The molecule has 0 bridgehead atoms. The lowest BCUT2D eigenvalue weighted by atomic mass is 9.75. The molecule has 1 fully saturated rings. The first kappa shape index (κ1) is 101. The van der Waals surface area contributed by atoms with Gasteiger partial charge in [0, 0.05) is 31.7 Å². The monoisotopic (exact) mass is 830 g/mol. The zero-order valence-corrected chi connectivity index (χ0v) is 47.4. The number of allylic oxidation sites excluding steroid dienone is 1. The molecule has 4 N–H and O–H groups in total. The minimum absolute atomic E-state index is 0. The normalized spacial score (nSPS) is 9.79. The summed E-state index contributed by atoms with van der Waals surface area (Å²) in [5.41, 5.74) is 8.46. The lowest BCUT2D eigenvalue weighted by Gasteiger charge is -2.31. The van der Waals surface area contributed by atoms with E-state index in [-0.39, 0.29) is 13.0 Å². The van der Waals surface area contributed by atoms with Crippen molar-refractivity contribution in [3.05, 3.63) is 12.2 Å². The van der Waals surface area contributed by atoms with Crippen LogP contribution in [0, 0.1) is 16.2 Å². The van der Waals surface area contributed by atoms with Crippen LogP contribution in [0.2, 0.25) is 0 Å². The van der Waals surface area contributed by atoms with Crippen LogP contribution in [-0.4, -0.2) is 38.5 Å². The standard InChI is InChI=1S/C10H22.C9H21N.C4H10N2.C4H8.C4H10.2C3H8.7C2H6.CH2O.CH4/c1-7-10(5,6)8-9(2,3)4;1-6-8(2,3)7-9(4,5)10;1-2-6-4-3-5-1;1-4(2)3;1-3-4-2;2*1-3-2;8*1-2;/h7-8H2,1-6H3;6-7,10H2,1-5H3;5-6H,1-4H2;1H2,2-3H3;3-4H2,1-2H3;2*3H2,1-2H3;7*1-2H3;1H2;1H4. The topological polar surface area (TPSA) is 67.1 Å².